The molecular formula is C6H12N3O. The minimum atomic E-state index is -0.298. The summed E-state index contributed by atoms with van der Waals surface area (Å²) in [5.74, 6) is -0.298. The average Bonchev–Trinajstić information content (AvgIpc) is 1.88. The van der Waals surface area contributed by atoms with Gasteiger partial charge in [-0.3, -0.25) is 9.69 Å². The number of hydrogen-bond acceptors (Lipinski definition) is 3. The number of nitrogens with one attached hydrogen (secondary N) is 1. The Labute approximate surface area is 60.4 Å². The van der Waals surface area contributed by atoms with Gasteiger partial charge in [0.05, 0.1) is 6.04 Å². The standard InChI is InChI=1S/C6H12N3O/c1-9-3-2-8-5(4-9)6(7)10/h5,8H,1-4H2,(H2,7,10). The Balaban J connectivity index is 2.39. The molecule has 1 aliphatic heterocycles. The normalized spacial score (nSPS) is 28.3. The van der Waals surface area contributed by atoms with Crippen molar-refractivity contribution in [2.75, 3.05) is 19.6 Å². The Morgan fingerprint density at radius 2 is 2.50 bits per heavy atom. The number of hydrogen-bond donors (Lipinski definition) is 2. The predicted octanol–water partition coefficient (Wildman–Crippen LogP) is -1.46. The van der Waals surface area contributed by atoms with E-state index < -0.39 is 0 Å². The van der Waals surface area contributed by atoms with Gasteiger partial charge in [-0.15, -0.1) is 0 Å². The lowest BCUT2D eigenvalue weighted by Gasteiger charge is -2.28. The average molecular weight is 142 g/mol. The second-order valence-corrected chi connectivity index (χ2v) is 2.49. The third-order valence-electron chi connectivity index (χ3n) is 1.60. The van der Waals surface area contributed by atoms with Gasteiger partial charge in [0.1, 0.15) is 0 Å². The van der Waals surface area contributed by atoms with Gasteiger partial charge in [-0.2, -0.15) is 0 Å². The second-order valence-electron chi connectivity index (χ2n) is 2.49. The van der Waals surface area contributed by atoms with Crippen LogP contribution in [0.25, 0.3) is 0 Å². The summed E-state index contributed by atoms with van der Waals surface area (Å²) in [5, 5.41) is 2.99. The molecule has 0 aromatic heterocycles. The zero-order valence-electron chi connectivity index (χ0n) is 5.84. The smallest absolute Gasteiger partial charge is 0.235 e. The van der Waals surface area contributed by atoms with Crippen LogP contribution in [0.15, 0.2) is 0 Å². The Morgan fingerprint density at radius 1 is 1.80 bits per heavy atom. The maximum absolute atomic E-state index is 10.6. The van der Waals surface area contributed by atoms with E-state index in [1.807, 2.05) is 4.90 Å². The molecule has 0 spiro atoms. The van der Waals surface area contributed by atoms with Gasteiger partial charge < -0.3 is 11.1 Å². The van der Waals surface area contributed by atoms with Gasteiger partial charge in [0, 0.05) is 26.7 Å². The van der Waals surface area contributed by atoms with Gasteiger partial charge in [0.25, 0.3) is 0 Å². The first-order valence-corrected chi connectivity index (χ1v) is 3.28. The van der Waals surface area contributed by atoms with Crippen molar-refractivity contribution < 1.29 is 4.79 Å². The summed E-state index contributed by atoms with van der Waals surface area (Å²) in [6, 6.07) is -0.216. The molecular weight excluding hydrogens is 130 g/mol. The summed E-state index contributed by atoms with van der Waals surface area (Å²) in [7, 11) is 3.72. The van der Waals surface area contributed by atoms with Gasteiger partial charge in [-0.05, 0) is 0 Å². The van der Waals surface area contributed by atoms with E-state index in [-0.39, 0.29) is 11.9 Å². The molecule has 4 nitrogen and oxygen atoms in total. The van der Waals surface area contributed by atoms with Crippen LogP contribution in [0.2, 0.25) is 0 Å². The molecule has 1 atom stereocenters. The molecule has 1 fully saturated rings. The van der Waals surface area contributed by atoms with E-state index in [0.29, 0.717) is 6.54 Å². The summed E-state index contributed by atoms with van der Waals surface area (Å²) in [6.45, 7) is 2.29. The molecule has 0 aliphatic carbocycles. The van der Waals surface area contributed by atoms with Crippen LogP contribution >= 0.6 is 0 Å². The molecule has 0 aromatic rings. The van der Waals surface area contributed by atoms with Crippen molar-refractivity contribution in [1.29, 1.82) is 0 Å². The van der Waals surface area contributed by atoms with Crippen molar-refractivity contribution in [3.8, 4) is 0 Å². The maximum Gasteiger partial charge on any atom is 0.235 e. The highest BCUT2D eigenvalue weighted by atomic mass is 16.1. The molecule has 0 aromatic carbocycles. The topological polar surface area (TPSA) is 58.4 Å². The third-order valence-corrected chi connectivity index (χ3v) is 1.60. The third kappa shape index (κ3) is 1.68. The first-order chi connectivity index (χ1) is 4.70. The summed E-state index contributed by atoms with van der Waals surface area (Å²) in [5.41, 5.74) is 5.07. The van der Waals surface area contributed by atoms with Crippen molar-refractivity contribution in [3.63, 3.8) is 0 Å². The van der Waals surface area contributed by atoms with E-state index in [4.69, 9.17) is 5.73 Å². The van der Waals surface area contributed by atoms with Crippen LogP contribution in [-0.2, 0) is 4.79 Å². The molecule has 0 bridgehead atoms. The number of nitrogens with two attached hydrogens (primary N) is 1. The van der Waals surface area contributed by atoms with E-state index in [0.717, 1.165) is 13.1 Å². The second kappa shape index (κ2) is 2.98. The van der Waals surface area contributed by atoms with E-state index >= 15 is 0 Å². The summed E-state index contributed by atoms with van der Waals surface area (Å²) >= 11 is 0. The molecule has 4 heteroatoms. The van der Waals surface area contributed by atoms with E-state index in [1.54, 1.807) is 0 Å². The van der Waals surface area contributed by atoms with Crippen LogP contribution in [0.3, 0.4) is 0 Å². The number of amides is 1. The zero-order chi connectivity index (χ0) is 7.56. The van der Waals surface area contributed by atoms with Crippen molar-refractivity contribution in [1.82, 2.24) is 10.2 Å². The predicted molar refractivity (Wildman–Crippen MR) is 37.9 cm³/mol. The summed E-state index contributed by atoms with van der Waals surface area (Å²) in [4.78, 5) is 12.4. The fraction of sp³-hybridized carbons (Fsp3) is 0.667. The van der Waals surface area contributed by atoms with Gasteiger partial charge in [0.2, 0.25) is 5.91 Å². The molecule has 1 radical (unpaired) electrons. The van der Waals surface area contributed by atoms with Crippen LogP contribution < -0.4 is 11.1 Å². The lowest BCUT2D eigenvalue weighted by Crippen LogP contribution is -2.54. The van der Waals surface area contributed by atoms with Crippen LogP contribution in [0.1, 0.15) is 0 Å². The molecule has 10 heavy (non-hydrogen) atoms. The fourth-order valence-electron chi connectivity index (χ4n) is 1.00. The Kier molecular flexibility index (Phi) is 2.24. The van der Waals surface area contributed by atoms with Crippen LogP contribution in [0.5, 0.6) is 0 Å². The fourth-order valence-corrected chi connectivity index (χ4v) is 1.00. The molecule has 57 valence electrons. The largest absolute Gasteiger partial charge is 0.368 e. The molecule has 1 heterocycles. The minimum absolute atomic E-state index is 0.216. The first-order valence-electron chi connectivity index (χ1n) is 3.28. The zero-order valence-corrected chi connectivity index (χ0v) is 5.84. The van der Waals surface area contributed by atoms with Crippen molar-refractivity contribution in [2.45, 2.75) is 6.04 Å². The van der Waals surface area contributed by atoms with Crippen molar-refractivity contribution >= 4 is 5.91 Å². The van der Waals surface area contributed by atoms with E-state index in [9.17, 15) is 4.79 Å². The number of rotatable bonds is 1. The highest BCUT2D eigenvalue weighted by Gasteiger charge is 2.20. The van der Waals surface area contributed by atoms with Crippen LogP contribution in [0, 0.1) is 7.05 Å². The minimum Gasteiger partial charge on any atom is -0.368 e. The Hall–Kier alpha value is -0.610. The lowest BCUT2D eigenvalue weighted by molar-refractivity contribution is -0.120. The van der Waals surface area contributed by atoms with E-state index in [1.165, 1.54) is 0 Å². The molecule has 1 rings (SSSR count). The number of carbonyl (C=O) groups excluding carboxylic acids is 1. The summed E-state index contributed by atoms with van der Waals surface area (Å²) in [6.07, 6.45) is 0. The molecule has 1 unspecified atom stereocenters. The number of piperazine rings is 1. The summed E-state index contributed by atoms with van der Waals surface area (Å²) < 4.78 is 0. The highest BCUT2D eigenvalue weighted by Crippen LogP contribution is 1.95. The first kappa shape index (κ1) is 7.50. The van der Waals surface area contributed by atoms with E-state index in [2.05, 4.69) is 12.4 Å². The molecule has 3 N–H and O–H groups in total. The number of nitrogens with zero attached hydrogens (tertiary/aromatic N) is 1. The lowest BCUT2D eigenvalue weighted by atomic mass is 10.2. The molecule has 1 aliphatic rings. The van der Waals surface area contributed by atoms with Crippen LogP contribution in [-0.4, -0.2) is 36.5 Å². The Bertz CT molecular complexity index is 137. The number of primary amides is 1. The Morgan fingerprint density at radius 3 is 2.90 bits per heavy atom. The van der Waals surface area contributed by atoms with Crippen molar-refractivity contribution in [3.05, 3.63) is 7.05 Å². The molecule has 1 saturated heterocycles. The maximum atomic E-state index is 10.6. The molecule has 1 amide bonds. The highest BCUT2D eigenvalue weighted by molar-refractivity contribution is 5.80. The quantitative estimate of drug-likeness (QED) is 0.470. The van der Waals surface area contributed by atoms with Gasteiger partial charge in [-0.25, -0.2) is 0 Å². The SMILES string of the molecule is [CH2]N1CCNC(C(N)=O)C1. The van der Waals surface area contributed by atoms with Gasteiger partial charge >= 0.3 is 0 Å². The van der Waals surface area contributed by atoms with Gasteiger partial charge in [0.15, 0.2) is 0 Å². The van der Waals surface area contributed by atoms with Crippen molar-refractivity contribution in [2.24, 2.45) is 5.73 Å². The van der Waals surface area contributed by atoms with Crippen LogP contribution in [0.4, 0.5) is 0 Å². The van der Waals surface area contributed by atoms with Gasteiger partial charge in [-0.1, -0.05) is 0 Å². The number of carbonyl (C=O) groups is 1. The molecule has 0 saturated carbocycles. The monoisotopic (exact) mass is 142 g/mol.